The molecule has 25 heavy (non-hydrogen) atoms. The Morgan fingerprint density at radius 3 is 2.48 bits per heavy atom. The molecule has 0 saturated carbocycles. The van der Waals surface area contributed by atoms with E-state index in [0.29, 0.717) is 18.0 Å². The molecule has 1 heterocycles. The maximum atomic E-state index is 12.9. The summed E-state index contributed by atoms with van der Waals surface area (Å²) in [5.74, 6) is -0.439. The van der Waals surface area contributed by atoms with Crippen LogP contribution in [0.4, 0.5) is 4.39 Å². The highest BCUT2D eigenvalue weighted by Crippen LogP contribution is 2.05. The van der Waals surface area contributed by atoms with Crippen LogP contribution in [0.15, 0.2) is 42.6 Å². The fourth-order valence-corrected chi connectivity index (χ4v) is 2.15. The van der Waals surface area contributed by atoms with Gasteiger partial charge in [0.05, 0.1) is 0 Å². The second-order valence-corrected chi connectivity index (χ2v) is 6.18. The summed E-state index contributed by atoms with van der Waals surface area (Å²) < 4.78 is 12.9. The summed E-state index contributed by atoms with van der Waals surface area (Å²) in [5, 5.41) is 5.53. The number of hydrogen-bond acceptors (Lipinski definition) is 3. The van der Waals surface area contributed by atoms with E-state index in [2.05, 4.69) is 29.5 Å². The molecule has 1 aromatic carbocycles. The van der Waals surface area contributed by atoms with Crippen molar-refractivity contribution in [2.75, 3.05) is 6.54 Å². The molecular weight excluding hydrogens is 321 g/mol. The Morgan fingerprint density at radius 2 is 1.80 bits per heavy atom. The van der Waals surface area contributed by atoms with Crippen molar-refractivity contribution in [3.05, 3.63) is 65.2 Å². The average molecular weight is 343 g/mol. The van der Waals surface area contributed by atoms with Crippen LogP contribution >= 0.6 is 0 Å². The lowest BCUT2D eigenvalue weighted by Gasteiger charge is -2.08. The van der Waals surface area contributed by atoms with E-state index in [1.165, 1.54) is 24.4 Å². The van der Waals surface area contributed by atoms with Crippen LogP contribution in [0.3, 0.4) is 0 Å². The number of aromatic nitrogens is 1. The molecule has 0 aliphatic heterocycles. The normalized spacial score (nSPS) is 10.6. The Morgan fingerprint density at radius 1 is 1.08 bits per heavy atom. The zero-order chi connectivity index (χ0) is 18.2. The summed E-state index contributed by atoms with van der Waals surface area (Å²) in [6, 6.07) is 8.90. The van der Waals surface area contributed by atoms with Gasteiger partial charge < -0.3 is 10.6 Å². The molecule has 0 unspecified atom stereocenters. The molecule has 2 N–H and O–H groups in total. The maximum absolute atomic E-state index is 12.9. The van der Waals surface area contributed by atoms with Gasteiger partial charge in [-0.15, -0.1) is 0 Å². The van der Waals surface area contributed by atoms with Crippen molar-refractivity contribution in [1.82, 2.24) is 15.6 Å². The van der Waals surface area contributed by atoms with Crippen molar-refractivity contribution in [2.24, 2.45) is 5.92 Å². The van der Waals surface area contributed by atoms with Crippen molar-refractivity contribution in [1.29, 1.82) is 0 Å². The third-order valence-corrected chi connectivity index (χ3v) is 3.63. The van der Waals surface area contributed by atoms with Gasteiger partial charge in [0.25, 0.3) is 11.8 Å². The molecule has 2 aromatic rings. The van der Waals surface area contributed by atoms with E-state index in [1.54, 1.807) is 18.2 Å². The van der Waals surface area contributed by atoms with Gasteiger partial charge in [0, 0.05) is 24.8 Å². The van der Waals surface area contributed by atoms with Crippen LogP contribution in [-0.4, -0.2) is 23.3 Å². The minimum Gasteiger partial charge on any atom is -0.351 e. The van der Waals surface area contributed by atoms with Crippen LogP contribution in [0, 0.1) is 11.7 Å². The molecule has 0 aliphatic carbocycles. The molecule has 6 heteroatoms. The maximum Gasteiger partial charge on any atom is 0.269 e. The molecular formula is C19H22FN3O2. The fraction of sp³-hybridized carbons (Fsp3) is 0.316. The van der Waals surface area contributed by atoms with Gasteiger partial charge in [0.2, 0.25) is 0 Å². The van der Waals surface area contributed by atoms with Crippen LogP contribution in [-0.2, 0) is 6.54 Å². The fourth-order valence-electron chi connectivity index (χ4n) is 2.15. The number of rotatable bonds is 7. The van der Waals surface area contributed by atoms with Crippen LogP contribution in [0.25, 0.3) is 0 Å². The van der Waals surface area contributed by atoms with E-state index in [1.807, 2.05) is 0 Å². The largest absolute Gasteiger partial charge is 0.351 e. The molecule has 2 amide bonds. The first kappa shape index (κ1) is 18.6. The van der Waals surface area contributed by atoms with Crippen LogP contribution in [0.1, 0.15) is 46.7 Å². The second-order valence-electron chi connectivity index (χ2n) is 6.18. The molecule has 0 saturated heterocycles. The van der Waals surface area contributed by atoms with Gasteiger partial charge in [-0.3, -0.25) is 14.6 Å². The predicted molar refractivity (Wildman–Crippen MR) is 93.6 cm³/mol. The number of hydrogen-bond donors (Lipinski definition) is 2. The highest BCUT2D eigenvalue weighted by atomic mass is 19.1. The smallest absolute Gasteiger partial charge is 0.269 e. The second kappa shape index (κ2) is 8.92. The first-order chi connectivity index (χ1) is 12.0. The van der Waals surface area contributed by atoms with E-state index in [-0.39, 0.29) is 29.9 Å². The molecule has 2 rings (SSSR count). The summed E-state index contributed by atoms with van der Waals surface area (Å²) in [7, 11) is 0. The summed E-state index contributed by atoms with van der Waals surface area (Å²) in [5.41, 5.74) is 1.35. The summed E-state index contributed by atoms with van der Waals surface area (Å²) in [6.07, 6.45) is 2.31. The molecule has 5 nitrogen and oxygen atoms in total. The molecule has 0 radical (unpaired) electrons. The van der Waals surface area contributed by atoms with Gasteiger partial charge in [-0.05, 0) is 42.2 Å². The van der Waals surface area contributed by atoms with Gasteiger partial charge in [-0.2, -0.15) is 0 Å². The summed E-state index contributed by atoms with van der Waals surface area (Å²) in [4.78, 5) is 28.3. The van der Waals surface area contributed by atoms with Gasteiger partial charge in [-0.25, -0.2) is 4.39 Å². The number of amides is 2. The van der Waals surface area contributed by atoms with Crippen LogP contribution in [0.5, 0.6) is 0 Å². The topological polar surface area (TPSA) is 71.1 Å². The SMILES string of the molecule is CC(C)CCNC(=O)c1cc(C(=O)NCc2ccc(F)cc2)ccn1. The van der Waals surface area contributed by atoms with Crippen molar-refractivity contribution < 1.29 is 14.0 Å². The number of pyridine rings is 1. The van der Waals surface area contributed by atoms with E-state index in [4.69, 9.17) is 0 Å². The Balaban J connectivity index is 1.93. The van der Waals surface area contributed by atoms with Crippen molar-refractivity contribution in [2.45, 2.75) is 26.8 Å². The predicted octanol–water partition coefficient (Wildman–Crippen LogP) is 2.93. The van der Waals surface area contributed by atoms with E-state index < -0.39 is 0 Å². The average Bonchev–Trinajstić information content (AvgIpc) is 2.60. The number of nitrogens with one attached hydrogen (secondary N) is 2. The molecule has 132 valence electrons. The quantitative estimate of drug-likeness (QED) is 0.812. The number of carbonyl (C=O) groups excluding carboxylic acids is 2. The minimum atomic E-state index is -0.322. The molecule has 0 bridgehead atoms. The molecule has 0 aliphatic rings. The molecule has 0 fully saturated rings. The zero-order valence-corrected chi connectivity index (χ0v) is 14.4. The Kier molecular flexibility index (Phi) is 6.62. The highest BCUT2D eigenvalue weighted by molar-refractivity contribution is 5.98. The van der Waals surface area contributed by atoms with Gasteiger partial charge >= 0.3 is 0 Å². The molecule has 1 aromatic heterocycles. The van der Waals surface area contributed by atoms with Crippen molar-refractivity contribution >= 4 is 11.8 Å². The Bertz CT molecular complexity index is 730. The van der Waals surface area contributed by atoms with Crippen molar-refractivity contribution in [3.63, 3.8) is 0 Å². The van der Waals surface area contributed by atoms with Gasteiger partial charge in [0.1, 0.15) is 11.5 Å². The van der Waals surface area contributed by atoms with Crippen LogP contribution < -0.4 is 10.6 Å². The number of halogens is 1. The van der Waals surface area contributed by atoms with E-state index >= 15 is 0 Å². The zero-order valence-electron chi connectivity index (χ0n) is 14.4. The monoisotopic (exact) mass is 343 g/mol. The van der Waals surface area contributed by atoms with Crippen LogP contribution in [0.2, 0.25) is 0 Å². The standard InChI is InChI=1S/C19H22FN3O2/c1-13(2)7-9-22-19(25)17-11-15(8-10-21-17)18(24)23-12-14-3-5-16(20)6-4-14/h3-6,8,10-11,13H,7,9,12H2,1-2H3,(H,22,25)(H,23,24). The number of benzene rings is 1. The Labute approximate surface area is 146 Å². The van der Waals surface area contributed by atoms with E-state index in [0.717, 1.165) is 12.0 Å². The van der Waals surface area contributed by atoms with Gasteiger partial charge in [-0.1, -0.05) is 26.0 Å². The first-order valence-electron chi connectivity index (χ1n) is 8.22. The molecule has 0 atom stereocenters. The third-order valence-electron chi connectivity index (χ3n) is 3.63. The lowest BCUT2D eigenvalue weighted by Crippen LogP contribution is -2.27. The Hall–Kier alpha value is -2.76. The van der Waals surface area contributed by atoms with Crippen molar-refractivity contribution in [3.8, 4) is 0 Å². The minimum absolute atomic E-state index is 0.207. The number of nitrogens with zero attached hydrogens (tertiary/aromatic N) is 1. The summed E-state index contributed by atoms with van der Waals surface area (Å²) in [6.45, 7) is 5.00. The lowest BCUT2D eigenvalue weighted by molar-refractivity contribution is 0.0947. The third kappa shape index (κ3) is 5.99. The highest BCUT2D eigenvalue weighted by Gasteiger charge is 2.11. The number of carbonyl (C=O) groups is 2. The first-order valence-corrected chi connectivity index (χ1v) is 8.22. The van der Waals surface area contributed by atoms with E-state index in [9.17, 15) is 14.0 Å². The molecule has 0 spiro atoms. The summed E-state index contributed by atoms with van der Waals surface area (Å²) >= 11 is 0. The lowest BCUT2D eigenvalue weighted by atomic mass is 10.1. The van der Waals surface area contributed by atoms with Gasteiger partial charge in [0.15, 0.2) is 0 Å².